The first-order valence-corrected chi connectivity index (χ1v) is 6.36. The van der Waals surface area contributed by atoms with Crippen molar-refractivity contribution in [3.63, 3.8) is 0 Å². The van der Waals surface area contributed by atoms with E-state index in [1.54, 1.807) is 12.1 Å². The summed E-state index contributed by atoms with van der Waals surface area (Å²) in [5.41, 5.74) is 0.466. The predicted molar refractivity (Wildman–Crippen MR) is 71.4 cm³/mol. The number of ether oxygens (including phenoxy) is 1. The molecule has 0 aliphatic rings. The van der Waals surface area contributed by atoms with Crippen LogP contribution in [0.1, 0.15) is 37.6 Å². The summed E-state index contributed by atoms with van der Waals surface area (Å²) in [5.74, 6) is 0.819. The van der Waals surface area contributed by atoms with Gasteiger partial charge in [-0.3, -0.25) is 4.79 Å². The van der Waals surface area contributed by atoms with Gasteiger partial charge in [-0.05, 0) is 18.9 Å². The molecule has 0 aliphatic carbocycles. The molecule has 0 radical (unpaired) electrons. The van der Waals surface area contributed by atoms with Gasteiger partial charge in [0.1, 0.15) is 5.75 Å². The number of hydrogen-bond donors (Lipinski definition) is 0. The van der Waals surface area contributed by atoms with Crippen molar-refractivity contribution in [3.05, 3.63) is 27.7 Å². The van der Waals surface area contributed by atoms with Crippen LogP contribution in [-0.2, 0) is 0 Å². The molecule has 0 aromatic heterocycles. The highest BCUT2D eigenvalue weighted by molar-refractivity contribution is 6.36. The second-order valence-electron chi connectivity index (χ2n) is 4.22. The van der Waals surface area contributed by atoms with Gasteiger partial charge in [-0.15, -0.1) is 0 Å². The first-order valence-electron chi connectivity index (χ1n) is 5.60. The van der Waals surface area contributed by atoms with Crippen LogP contribution in [0.4, 0.5) is 0 Å². The molecule has 0 saturated heterocycles. The highest BCUT2D eigenvalue weighted by atomic mass is 35.5. The van der Waals surface area contributed by atoms with E-state index in [1.165, 1.54) is 0 Å². The van der Waals surface area contributed by atoms with E-state index in [1.807, 2.05) is 20.8 Å². The zero-order chi connectivity index (χ0) is 13.0. The summed E-state index contributed by atoms with van der Waals surface area (Å²) in [6, 6.07) is 3.18. The Morgan fingerprint density at radius 3 is 2.47 bits per heavy atom. The van der Waals surface area contributed by atoms with Crippen LogP contribution in [0.15, 0.2) is 12.1 Å². The lowest BCUT2D eigenvalue weighted by Crippen LogP contribution is -2.05. The van der Waals surface area contributed by atoms with Gasteiger partial charge in [-0.25, -0.2) is 0 Å². The maximum absolute atomic E-state index is 11.9. The Morgan fingerprint density at radius 1 is 1.29 bits per heavy atom. The molecule has 17 heavy (non-hydrogen) atoms. The molecule has 4 heteroatoms. The number of rotatable bonds is 5. The summed E-state index contributed by atoms with van der Waals surface area (Å²) in [6.45, 7) is 6.35. The second-order valence-corrected chi connectivity index (χ2v) is 5.03. The Hall–Kier alpha value is -0.730. The van der Waals surface area contributed by atoms with Crippen LogP contribution in [0, 0.1) is 5.92 Å². The molecule has 0 heterocycles. The van der Waals surface area contributed by atoms with Crippen molar-refractivity contribution in [1.29, 1.82) is 0 Å². The molecule has 1 aromatic rings. The molecule has 0 atom stereocenters. The lowest BCUT2D eigenvalue weighted by molar-refractivity contribution is 0.0968. The lowest BCUT2D eigenvalue weighted by atomic mass is 10.0. The molecule has 0 spiro atoms. The first-order chi connectivity index (χ1) is 7.95. The maximum atomic E-state index is 11.9. The summed E-state index contributed by atoms with van der Waals surface area (Å²) in [6.07, 6.45) is 0.462. The molecule has 0 amide bonds. The van der Waals surface area contributed by atoms with E-state index in [9.17, 15) is 4.79 Å². The van der Waals surface area contributed by atoms with E-state index in [-0.39, 0.29) is 5.78 Å². The Morgan fingerprint density at radius 2 is 1.94 bits per heavy atom. The molecular weight excluding hydrogens is 259 g/mol. The van der Waals surface area contributed by atoms with Crippen molar-refractivity contribution in [2.24, 2.45) is 5.92 Å². The van der Waals surface area contributed by atoms with Crippen molar-refractivity contribution >= 4 is 29.0 Å². The van der Waals surface area contributed by atoms with Crippen molar-refractivity contribution in [1.82, 2.24) is 0 Å². The van der Waals surface area contributed by atoms with Gasteiger partial charge in [0.05, 0.1) is 16.7 Å². The minimum absolute atomic E-state index is 0.00921. The summed E-state index contributed by atoms with van der Waals surface area (Å²) in [5, 5.41) is 0.812. The topological polar surface area (TPSA) is 26.3 Å². The molecular formula is C13H16Cl2O2. The van der Waals surface area contributed by atoms with Crippen molar-refractivity contribution in [2.75, 3.05) is 6.61 Å². The number of carbonyl (C=O) groups excluding carboxylic acids is 1. The minimum atomic E-state index is 0.00921. The fraction of sp³-hybridized carbons (Fsp3) is 0.462. The molecule has 1 aromatic carbocycles. The fourth-order valence-corrected chi connectivity index (χ4v) is 1.97. The summed E-state index contributed by atoms with van der Waals surface area (Å²) in [7, 11) is 0. The van der Waals surface area contributed by atoms with Crippen LogP contribution >= 0.6 is 23.2 Å². The molecule has 0 N–H and O–H groups in total. The molecule has 2 nitrogen and oxygen atoms in total. The lowest BCUT2D eigenvalue weighted by Gasteiger charge is -2.10. The van der Waals surface area contributed by atoms with Crippen LogP contribution in [0.2, 0.25) is 10.0 Å². The molecule has 0 bridgehead atoms. The number of hydrogen-bond acceptors (Lipinski definition) is 2. The van der Waals surface area contributed by atoms with Crippen molar-refractivity contribution in [2.45, 2.75) is 27.2 Å². The van der Waals surface area contributed by atoms with E-state index >= 15 is 0 Å². The van der Waals surface area contributed by atoms with E-state index in [4.69, 9.17) is 27.9 Å². The van der Waals surface area contributed by atoms with Crippen LogP contribution in [-0.4, -0.2) is 12.4 Å². The minimum Gasteiger partial charge on any atom is -0.492 e. The molecule has 1 rings (SSSR count). The zero-order valence-electron chi connectivity index (χ0n) is 10.2. The Kier molecular flexibility index (Phi) is 5.29. The van der Waals surface area contributed by atoms with Crippen LogP contribution < -0.4 is 4.74 Å². The van der Waals surface area contributed by atoms with E-state index in [0.29, 0.717) is 40.3 Å². The third kappa shape index (κ3) is 3.90. The van der Waals surface area contributed by atoms with E-state index < -0.39 is 0 Å². The normalized spacial score (nSPS) is 10.7. The third-order valence-electron chi connectivity index (χ3n) is 2.22. The zero-order valence-corrected chi connectivity index (χ0v) is 11.7. The van der Waals surface area contributed by atoms with Gasteiger partial charge in [0.25, 0.3) is 0 Å². The van der Waals surface area contributed by atoms with Gasteiger partial charge in [0, 0.05) is 18.1 Å². The van der Waals surface area contributed by atoms with Gasteiger partial charge in [0.2, 0.25) is 0 Å². The van der Waals surface area contributed by atoms with Crippen molar-refractivity contribution in [3.8, 4) is 5.75 Å². The van der Waals surface area contributed by atoms with Gasteiger partial charge < -0.3 is 4.74 Å². The van der Waals surface area contributed by atoms with Crippen molar-refractivity contribution < 1.29 is 9.53 Å². The van der Waals surface area contributed by atoms with Gasteiger partial charge >= 0.3 is 0 Å². The smallest absolute Gasteiger partial charge is 0.164 e. The summed E-state index contributed by atoms with van der Waals surface area (Å²) >= 11 is 12.1. The highest BCUT2D eigenvalue weighted by Crippen LogP contribution is 2.32. The number of benzene rings is 1. The van der Waals surface area contributed by atoms with Crippen LogP contribution in [0.25, 0.3) is 0 Å². The van der Waals surface area contributed by atoms with Gasteiger partial charge in [0.15, 0.2) is 5.78 Å². The summed E-state index contributed by atoms with van der Waals surface area (Å²) in [4.78, 5) is 11.9. The van der Waals surface area contributed by atoms with E-state index in [0.717, 1.165) is 0 Å². The number of halogens is 2. The molecule has 0 aliphatic heterocycles. The molecule has 0 saturated carbocycles. The third-order valence-corrected chi connectivity index (χ3v) is 2.82. The fourth-order valence-electron chi connectivity index (χ4n) is 1.49. The second kappa shape index (κ2) is 6.27. The SMILES string of the molecule is CCOc1cc(Cl)c(C(=O)CC(C)C)cc1Cl. The standard InChI is InChI=1S/C13H16Cl2O2/c1-4-17-13-7-10(14)9(6-11(13)15)12(16)5-8(2)3/h6-8H,4-5H2,1-3H3. The Balaban J connectivity index is 3.02. The van der Waals surface area contributed by atoms with Crippen LogP contribution in [0.3, 0.4) is 0 Å². The average molecular weight is 275 g/mol. The van der Waals surface area contributed by atoms with Crippen LogP contribution in [0.5, 0.6) is 5.75 Å². The van der Waals surface area contributed by atoms with E-state index in [2.05, 4.69) is 0 Å². The molecule has 0 unspecified atom stereocenters. The molecule has 94 valence electrons. The van der Waals surface area contributed by atoms with Gasteiger partial charge in [-0.1, -0.05) is 37.0 Å². The predicted octanol–water partition coefficient (Wildman–Crippen LogP) is 4.62. The highest BCUT2D eigenvalue weighted by Gasteiger charge is 2.15. The monoisotopic (exact) mass is 274 g/mol. The first kappa shape index (κ1) is 14.3. The number of carbonyl (C=O) groups is 1. The molecule has 0 fully saturated rings. The number of Topliss-reactive ketones (excluding diaryl/α,β-unsaturated/α-hetero) is 1. The largest absolute Gasteiger partial charge is 0.492 e. The maximum Gasteiger partial charge on any atom is 0.164 e. The summed E-state index contributed by atoms with van der Waals surface area (Å²) < 4.78 is 5.31. The number of ketones is 1. The van der Waals surface area contributed by atoms with Gasteiger partial charge in [-0.2, -0.15) is 0 Å². The Labute approximate surface area is 112 Å². The average Bonchev–Trinajstić information content (AvgIpc) is 2.22. The quantitative estimate of drug-likeness (QED) is 0.733. The Bertz CT molecular complexity index is 414.